The molecule has 6 rings (SSSR count). The fraction of sp³-hybridized carbons (Fsp3) is 0.194. The summed E-state index contributed by atoms with van der Waals surface area (Å²) in [5.41, 5.74) is 9.04. The lowest BCUT2D eigenvalue weighted by atomic mass is 9.88. The Morgan fingerprint density at radius 1 is 0.735 bits per heavy atom. The van der Waals surface area contributed by atoms with Crippen molar-refractivity contribution < 1.29 is 4.42 Å². The molecule has 0 bridgehead atoms. The lowest BCUT2D eigenvalue weighted by Gasteiger charge is -2.18. The second-order valence-electron chi connectivity index (χ2n) is 9.59. The van der Waals surface area contributed by atoms with Crippen LogP contribution < -0.4 is 0 Å². The van der Waals surface area contributed by atoms with Crippen LogP contribution in [0.15, 0.2) is 83.3 Å². The molecular formula is C31H27NOS. The molecule has 0 aliphatic rings. The van der Waals surface area contributed by atoms with E-state index in [9.17, 15) is 0 Å². The lowest BCUT2D eigenvalue weighted by molar-refractivity contribution is 0.670. The summed E-state index contributed by atoms with van der Waals surface area (Å²) in [7, 11) is 0. The average molecular weight is 462 g/mol. The van der Waals surface area contributed by atoms with Gasteiger partial charge in [-0.25, -0.2) is 4.98 Å². The molecule has 2 nitrogen and oxygen atoms in total. The largest absolute Gasteiger partial charge is 0.455 e. The van der Waals surface area contributed by atoms with Gasteiger partial charge >= 0.3 is 0 Å². The normalized spacial score (nSPS) is 12.1. The van der Waals surface area contributed by atoms with Crippen LogP contribution in [0.2, 0.25) is 0 Å². The number of rotatable bonds is 4. The summed E-state index contributed by atoms with van der Waals surface area (Å²) in [6.07, 6.45) is 0. The Balaban J connectivity index is 1.53. The summed E-state index contributed by atoms with van der Waals surface area (Å²) in [4.78, 5) is 6.41. The maximum atomic E-state index is 6.27. The topological polar surface area (TPSA) is 26.0 Å². The summed E-state index contributed by atoms with van der Waals surface area (Å²) < 4.78 is 7.48. The molecule has 3 heterocycles. The van der Waals surface area contributed by atoms with Gasteiger partial charge in [-0.05, 0) is 58.9 Å². The van der Waals surface area contributed by atoms with Crippen LogP contribution >= 0.6 is 11.3 Å². The molecule has 3 aromatic carbocycles. The SMILES string of the molecule is CC(C)c1cccc(C(C)C)c1-c1cc2nc(-c3cccc4c3oc3ccccc34)ccc2s1. The minimum absolute atomic E-state index is 0.466. The molecule has 6 aromatic rings. The number of benzene rings is 3. The number of pyridine rings is 1. The van der Waals surface area contributed by atoms with E-state index in [4.69, 9.17) is 9.40 Å². The van der Waals surface area contributed by atoms with Crippen LogP contribution in [0.5, 0.6) is 0 Å². The van der Waals surface area contributed by atoms with Crippen molar-refractivity contribution in [3.8, 4) is 21.7 Å². The molecule has 0 saturated heterocycles. The van der Waals surface area contributed by atoms with Crippen molar-refractivity contribution in [2.75, 3.05) is 0 Å². The van der Waals surface area contributed by atoms with Gasteiger partial charge in [0.1, 0.15) is 11.2 Å². The molecule has 0 saturated carbocycles. The van der Waals surface area contributed by atoms with E-state index in [2.05, 4.69) is 94.4 Å². The number of para-hydroxylation sites is 2. The van der Waals surface area contributed by atoms with Crippen molar-refractivity contribution in [3.05, 3.63) is 90.0 Å². The quantitative estimate of drug-likeness (QED) is 0.261. The van der Waals surface area contributed by atoms with Gasteiger partial charge in [-0.2, -0.15) is 0 Å². The summed E-state index contributed by atoms with van der Waals surface area (Å²) >= 11 is 1.84. The molecule has 0 atom stereocenters. The van der Waals surface area contributed by atoms with Crippen LogP contribution in [0, 0.1) is 0 Å². The van der Waals surface area contributed by atoms with Crippen LogP contribution in [0.3, 0.4) is 0 Å². The van der Waals surface area contributed by atoms with Gasteiger partial charge in [0.25, 0.3) is 0 Å². The van der Waals surface area contributed by atoms with Crippen molar-refractivity contribution in [1.82, 2.24) is 4.98 Å². The first-order valence-electron chi connectivity index (χ1n) is 12.0. The smallest absolute Gasteiger partial charge is 0.144 e. The molecule has 0 spiro atoms. The predicted octanol–water partition coefficient (Wildman–Crippen LogP) is 9.78. The summed E-state index contributed by atoms with van der Waals surface area (Å²) in [6.45, 7) is 9.11. The van der Waals surface area contributed by atoms with Gasteiger partial charge < -0.3 is 4.42 Å². The third kappa shape index (κ3) is 3.35. The highest BCUT2D eigenvalue weighted by Gasteiger charge is 2.19. The fourth-order valence-electron chi connectivity index (χ4n) is 4.98. The Bertz CT molecular complexity index is 1640. The van der Waals surface area contributed by atoms with Gasteiger partial charge in [0.2, 0.25) is 0 Å². The van der Waals surface area contributed by atoms with E-state index < -0.39 is 0 Å². The molecule has 34 heavy (non-hydrogen) atoms. The highest BCUT2D eigenvalue weighted by molar-refractivity contribution is 7.22. The number of fused-ring (bicyclic) bond motifs is 4. The van der Waals surface area contributed by atoms with E-state index in [1.165, 1.54) is 26.3 Å². The monoisotopic (exact) mass is 461 g/mol. The number of hydrogen-bond donors (Lipinski definition) is 0. The van der Waals surface area contributed by atoms with Crippen molar-refractivity contribution >= 4 is 43.5 Å². The van der Waals surface area contributed by atoms with Crippen molar-refractivity contribution in [2.45, 2.75) is 39.5 Å². The van der Waals surface area contributed by atoms with E-state index in [1.807, 2.05) is 23.5 Å². The number of hydrogen-bond acceptors (Lipinski definition) is 3. The van der Waals surface area contributed by atoms with Crippen LogP contribution in [-0.4, -0.2) is 4.98 Å². The molecule has 0 N–H and O–H groups in total. The number of aromatic nitrogens is 1. The van der Waals surface area contributed by atoms with Gasteiger partial charge in [-0.1, -0.05) is 76.2 Å². The molecule has 0 aliphatic carbocycles. The van der Waals surface area contributed by atoms with Gasteiger partial charge in [0, 0.05) is 21.2 Å². The highest BCUT2D eigenvalue weighted by atomic mass is 32.1. The van der Waals surface area contributed by atoms with Gasteiger partial charge in [-0.3, -0.25) is 0 Å². The highest BCUT2D eigenvalue weighted by Crippen LogP contribution is 2.42. The Hall–Kier alpha value is -3.43. The third-order valence-electron chi connectivity index (χ3n) is 6.67. The lowest BCUT2D eigenvalue weighted by Crippen LogP contribution is -1.98. The maximum Gasteiger partial charge on any atom is 0.144 e. The second kappa shape index (κ2) is 8.11. The van der Waals surface area contributed by atoms with Crippen LogP contribution in [-0.2, 0) is 0 Å². The first-order valence-corrected chi connectivity index (χ1v) is 12.8. The minimum Gasteiger partial charge on any atom is -0.455 e. The first kappa shape index (κ1) is 21.1. The number of furan rings is 1. The second-order valence-corrected chi connectivity index (χ2v) is 10.7. The Labute approximate surface area is 203 Å². The molecule has 0 fully saturated rings. The molecular weight excluding hydrogens is 434 g/mol. The van der Waals surface area contributed by atoms with E-state index in [1.54, 1.807) is 0 Å². The fourth-order valence-corrected chi connectivity index (χ4v) is 6.07. The van der Waals surface area contributed by atoms with E-state index in [0.717, 1.165) is 38.7 Å². The van der Waals surface area contributed by atoms with E-state index in [-0.39, 0.29) is 0 Å². The molecule has 3 heteroatoms. The standard InChI is InChI=1S/C31H27NOS/c1-18(2)20-10-7-11-21(19(3)4)30(20)29-17-26-28(34-29)16-15-25(32-26)24-13-8-12-23-22-9-5-6-14-27(22)33-31(23)24/h5-19H,1-4H3. The van der Waals surface area contributed by atoms with Crippen molar-refractivity contribution in [1.29, 1.82) is 0 Å². The average Bonchev–Trinajstić information content (AvgIpc) is 3.44. The first-order chi connectivity index (χ1) is 16.5. The zero-order chi connectivity index (χ0) is 23.4. The van der Waals surface area contributed by atoms with Crippen LogP contribution in [0.25, 0.3) is 53.9 Å². The van der Waals surface area contributed by atoms with E-state index in [0.29, 0.717) is 11.8 Å². The summed E-state index contributed by atoms with van der Waals surface area (Å²) in [5, 5.41) is 2.28. The van der Waals surface area contributed by atoms with Gasteiger partial charge in [0.05, 0.1) is 15.9 Å². The number of nitrogens with zero attached hydrogens (tertiary/aromatic N) is 1. The molecule has 0 unspecified atom stereocenters. The van der Waals surface area contributed by atoms with Crippen LogP contribution in [0.4, 0.5) is 0 Å². The molecule has 0 amide bonds. The maximum absolute atomic E-state index is 6.27. The molecule has 3 aromatic heterocycles. The summed E-state index contributed by atoms with van der Waals surface area (Å²) in [5.74, 6) is 0.932. The number of thiophene rings is 1. The minimum atomic E-state index is 0.466. The Kier molecular flexibility index (Phi) is 5.04. The third-order valence-corrected chi connectivity index (χ3v) is 7.78. The molecule has 0 radical (unpaired) electrons. The van der Waals surface area contributed by atoms with Crippen molar-refractivity contribution in [2.24, 2.45) is 0 Å². The van der Waals surface area contributed by atoms with Crippen molar-refractivity contribution in [3.63, 3.8) is 0 Å². The zero-order valence-electron chi connectivity index (χ0n) is 19.9. The van der Waals surface area contributed by atoms with Crippen LogP contribution in [0.1, 0.15) is 50.7 Å². The summed E-state index contributed by atoms with van der Waals surface area (Å²) in [6, 6.07) is 27.9. The molecule has 0 aliphatic heterocycles. The Morgan fingerprint density at radius 2 is 1.44 bits per heavy atom. The Morgan fingerprint density at radius 3 is 2.21 bits per heavy atom. The molecule has 168 valence electrons. The van der Waals surface area contributed by atoms with Gasteiger partial charge in [0.15, 0.2) is 0 Å². The zero-order valence-corrected chi connectivity index (χ0v) is 20.7. The van der Waals surface area contributed by atoms with E-state index >= 15 is 0 Å². The predicted molar refractivity (Wildman–Crippen MR) is 146 cm³/mol. The van der Waals surface area contributed by atoms with Gasteiger partial charge in [-0.15, -0.1) is 11.3 Å².